The molecule has 2 N–H and O–H groups in total. The minimum atomic E-state index is -0.280. The first-order chi connectivity index (χ1) is 13.1. The van der Waals surface area contributed by atoms with Gasteiger partial charge in [-0.25, -0.2) is 14.8 Å². The van der Waals surface area contributed by atoms with Gasteiger partial charge in [0.2, 0.25) is 5.91 Å². The number of piperidine rings is 1. The summed E-state index contributed by atoms with van der Waals surface area (Å²) in [6.45, 7) is 3.36. The van der Waals surface area contributed by atoms with Gasteiger partial charge in [0.05, 0.1) is 18.7 Å². The first-order valence-electron chi connectivity index (χ1n) is 8.97. The summed E-state index contributed by atoms with van der Waals surface area (Å²) in [6, 6.07) is 5.67. The van der Waals surface area contributed by atoms with E-state index in [1.807, 2.05) is 23.6 Å². The van der Waals surface area contributed by atoms with E-state index >= 15 is 0 Å². The molecule has 2 aromatic rings. The highest BCUT2D eigenvalue weighted by Gasteiger charge is 2.24. The second-order valence-corrected chi connectivity index (χ2v) is 7.05. The van der Waals surface area contributed by atoms with Crippen LogP contribution in [-0.2, 0) is 16.0 Å². The molecule has 9 heteroatoms. The zero-order valence-electron chi connectivity index (χ0n) is 15.2. The summed E-state index contributed by atoms with van der Waals surface area (Å²) < 4.78 is 5.00. The number of likely N-dealkylation sites (tertiary alicyclic amines) is 1. The molecule has 1 saturated heterocycles. The molecule has 0 radical (unpaired) electrons. The molecule has 8 nitrogen and oxygen atoms in total. The van der Waals surface area contributed by atoms with Gasteiger partial charge in [0, 0.05) is 30.7 Å². The average molecular weight is 389 g/mol. The Balaban J connectivity index is 1.43. The predicted molar refractivity (Wildman–Crippen MR) is 103 cm³/mol. The van der Waals surface area contributed by atoms with Crippen LogP contribution in [0, 0.1) is 0 Å². The molecule has 0 atom stereocenters. The average Bonchev–Trinajstić information content (AvgIpc) is 3.10. The Kier molecular flexibility index (Phi) is 6.59. The normalized spacial score (nSPS) is 14.6. The number of carbonyl (C=O) groups is 2. The molecule has 0 spiro atoms. The summed E-state index contributed by atoms with van der Waals surface area (Å²) in [4.78, 5) is 34.3. The molecule has 0 bridgehead atoms. The van der Waals surface area contributed by atoms with Gasteiger partial charge in [0.15, 0.2) is 5.13 Å². The quantitative estimate of drug-likeness (QED) is 0.788. The highest BCUT2D eigenvalue weighted by atomic mass is 32.1. The van der Waals surface area contributed by atoms with Crippen molar-refractivity contribution in [2.45, 2.75) is 32.2 Å². The van der Waals surface area contributed by atoms with E-state index in [2.05, 4.69) is 20.6 Å². The van der Waals surface area contributed by atoms with Gasteiger partial charge in [-0.1, -0.05) is 6.07 Å². The van der Waals surface area contributed by atoms with Crippen molar-refractivity contribution in [3.05, 3.63) is 35.5 Å². The number of pyridine rings is 1. The molecule has 0 saturated carbocycles. The molecular formula is C18H23N5O3S. The van der Waals surface area contributed by atoms with Crippen LogP contribution in [0.3, 0.4) is 0 Å². The lowest BCUT2D eigenvalue weighted by molar-refractivity contribution is -0.121. The van der Waals surface area contributed by atoms with Crippen molar-refractivity contribution in [1.29, 1.82) is 0 Å². The lowest BCUT2D eigenvalue weighted by Gasteiger charge is -2.31. The maximum atomic E-state index is 12.3. The van der Waals surface area contributed by atoms with Crippen molar-refractivity contribution in [3.8, 4) is 0 Å². The number of rotatable bonds is 6. The first-order valence-corrected chi connectivity index (χ1v) is 9.85. The van der Waals surface area contributed by atoms with Crippen LogP contribution < -0.4 is 10.6 Å². The van der Waals surface area contributed by atoms with Crippen molar-refractivity contribution in [3.63, 3.8) is 0 Å². The number of aromatic nitrogens is 2. The molecule has 144 valence electrons. The number of carbonyl (C=O) groups excluding carboxylic acids is 2. The molecule has 1 fully saturated rings. The monoisotopic (exact) mass is 389 g/mol. The number of hydrogen-bond donors (Lipinski definition) is 2. The van der Waals surface area contributed by atoms with Crippen molar-refractivity contribution < 1.29 is 14.3 Å². The van der Waals surface area contributed by atoms with Crippen molar-refractivity contribution in [2.75, 3.05) is 25.0 Å². The number of ether oxygens (including phenoxy) is 1. The Morgan fingerprint density at radius 2 is 2.15 bits per heavy atom. The molecule has 0 aromatic carbocycles. The van der Waals surface area contributed by atoms with Crippen molar-refractivity contribution in [2.24, 2.45) is 0 Å². The summed E-state index contributed by atoms with van der Waals surface area (Å²) in [5.41, 5.74) is 0.722. The summed E-state index contributed by atoms with van der Waals surface area (Å²) >= 11 is 1.44. The summed E-state index contributed by atoms with van der Waals surface area (Å²) in [6.07, 6.45) is 3.12. The van der Waals surface area contributed by atoms with E-state index in [4.69, 9.17) is 4.74 Å². The fraction of sp³-hybridized carbons (Fsp3) is 0.444. The SMILES string of the molecule is CCOC(=O)N1CCC(NC(=O)Cc2csc(Nc3ccccn3)n2)CC1. The standard InChI is InChI=1S/C18H23N5O3S/c1-2-26-18(25)23-9-6-13(7-10-23)20-16(24)11-14-12-27-17(21-14)22-15-5-3-4-8-19-15/h3-5,8,12-13H,2,6-7,9-11H2,1H3,(H,20,24)(H,19,21,22). The third-order valence-electron chi connectivity index (χ3n) is 4.18. The van der Waals surface area contributed by atoms with E-state index < -0.39 is 0 Å². The van der Waals surface area contributed by atoms with Crippen LogP contribution in [0.15, 0.2) is 29.8 Å². The van der Waals surface area contributed by atoms with E-state index in [9.17, 15) is 9.59 Å². The van der Waals surface area contributed by atoms with E-state index in [0.29, 0.717) is 24.8 Å². The zero-order chi connectivity index (χ0) is 19.1. The summed E-state index contributed by atoms with van der Waals surface area (Å²) in [5, 5.41) is 8.73. The van der Waals surface area contributed by atoms with Crippen LogP contribution in [0.4, 0.5) is 15.7 Å². The van der Waals surface area contributed by atoms with Crippen molar-refractivity contribution >= 4 is 34.3 Å². The molecule has 2 amide bonds. The van der Waals surface area contributed by atoms with Crippen LogP contribution >= 0.6 is 11.3 Å². The smallest absolute Gasteiger partial charge is 0.409 e. The maximum Gasteiger partial charge on any atom is 0.409 e. The minimum absolute atomic E-state index is 0.0562. The molecule has 2 aromatic heterocycles. The highest BCUT2D eigenvalue weighted by molar-refractivity contribution is 7.13. The van der Waals surface area contributed by atoms with Gasteiger partial charge in [-0.05, 0) is 31.9 Å². The molecule has 0 aliphatic carbocycles. The zero-order valence-corrected chi connectivity index (χ0v) is 16.0. The van der Waals surface area contributed by atoms with Gasteiger partial charge < -0.3 is 20.3 Å². The number of amides is 2. The summed E-state index contributed by atoms with van der Waals surface area (Å²) in [7, 11) is 0. The number of nitrogens with zero attached hydrogens (tertiary/aromatic N) is 3. The third-order valence-corrected chi connectivity index (χ3v) is 4.99. The Morgan fingerprint density at radius 3 is 2.85 bits per heavy atom. The third kappa shape index (κ3) is 5.65. The van der Waals surface area contributed by atoms with Crippen LogP contribution in [-0.4, -0.2) is 52.6 Å². The van der Waals surface area contributed by atoms with Crippen LogP contribution in [0.2, 0.25) is 0 Å². The molecular weight excluding hydrogens is 366 g/mol. The number of anilines is 2. The Labute approximate surface area is 162 Å². The molecule has 3 rings (SSSR count). The Morgan fingerprint density at radius 1 is 1.33 bits per heavy atom. The van der Waals surface area contributed by atoms with Crippen LogP contribution in [0.5, 0.6) is 0 Å². The number of nitrogens with one attached hydrogen (secondary N) is 2. The van der Waals surface area contributed by atoms with E-state index in [1.54, 1.807) is 18.0 Å². The van der Waals surface area contributed by atoms with E-state index in [-0.39, 0.29) is 24.5 Å². The second kappa shape index (κ2) is 9.31. The minimum Gasteiger partial charge on any atom is -0.450 e. The molecule has 1 aliphatic heterocycles. The fourth-order valence-electron chi connectivity index (χ4n) is 2.86. The second-order valence-electron chi connectivity index (χ2n) is 6.19. The van der Waals surface area contributed by atoms with Gasteiger partial charge in [-0.3, -0.25) is 4.79 Å². The predicted octanol–water partition coefficient (Wildman–Crippen LogP) is 2.56. The van der Waals surface area contributed by atoms with Crippen LogP contribution in [0.1, 0.15) is 25.5 Å². The number of thiazole rings is 1. The lowest BCUT2D eigenvalue weighted by atomic mass is 10.1. The fourth-order valence-corrected chi connectivity index (χ4v) is 3.57. The summed E-state index contributed by atoms with van der Waals surface area (Å²) in [5.74, 6) is 0.662. The largest absolute Gasteiger partial charge is 0.450 e. The Bertz CT molecular complexity index is 759. The number of hydrogen-bond acceptors (Lipinski definition) is 7. The molecule has 1 aliphatic rings. The van der Waals surface area contributed by atoms with Crippen LogP contribution in [0.25, 0.3) is 0 Å². The topological polar surface area (TPSA) is 96.5 Å². The Hall–Kier alpha value is -2.68. The molecule has 3 heterocycles. The molecule has 27 heavy (non-hydrogen) atoms. The molecule has 0 unspecified atom stereocenters. The first kappa shape index (κ1) is 19.1. The highest BCUT2D eigenvalue weighted by Crippen LogP contribution is 2.20. The van der Waals surface area contributed by atoms with Crippen molar-refractivity contribution in [1.82, 2.24) is 20.2 Å². The van der Waals surface area contributed by atoms with Gasteiger partial charge in [0.1, 0.15) is 5.82 Å². The van der Waals surface area contributed by atoms with E-state index in [0.717, 1.165) is 24.4 Å². The van der Waals surface area contributed by atoms with Gasteiger partial charge >= 0.3 is 6.09 Å². The van der Waals surface area contributed by atoms with Gasteiger partial charge in [0.25, 0.3) is 0 Å². The van der Waals surface area contributed by atoms with Gasteiger partial charge in [-0.2, -0.15) is 0 Å². The van der Waals surface area contributed by atoms with Gasteiger partial charge in [-0.15, -0.1) is 11.3 Å². The lowest BCUT2D eigenvalue weighted by Crippen LogP contribution is -2.47. The van der Waals surface area contributed by atoms with E-state index in [1.165, 1.54) is 11.3 Å². The maximum absolute atomic E-state index is 12.3.